The van der Waals surface area contributed by atoms with Gasteiger partial charge < -0.3 is 9.84 Å². The van der Waals surface area contributed by atoms with Crippen molar-refractivity contribution in [1.82, 2.24) is 9.97 Å². The highest BCUT2D eigenvalue weighted by atomic mass is 32.1. The summed E-state index contributed by atoms with van der Waals surface area (Å²) in [5, 5.41) is 12.3. The fourth-order valence-corrected chi connectivity index (χ4v) is 4.25. The van der Waals surface area contributed by atoms with Gasteiger partial charge in [0.15, 0.2) is 6.10 Å². The first-order valence-corrected chi connectivity index (χ1v) is 9.55. The van der Waals surface area contributed by atoms with Gasteiger partial charge in [-0.1, -0.05) is 43.3 Å². The molecule has 136 valence electrons. The number of aliphatic carboxylic acids is 1. The molecule has 0 aliphatic rings. The summed E-state index contributed by atoms with van der Waals surface area (Å²) in [4.78, 5) is 21.8. The zero-order chi connectivity index (χ0) is 19.0. The first kappa shape index (κ1) is 17.4. The lowest BCUT2D eigenvalue weighted by molar-refractivity contribution is -0.144. The Labute approximate surface area is 160 Å². The number of ether oxygens (including phenoxy) is 1. The van der Waals surface area contributed by atoms with Crippen molar-refractivity contribution in [3.8, 4) is 17.0 Å². The summed E-state index contributed by atoms with van der Waals surface area (Å²) in [6.07, 6.45) is 1.28. The van der Waals surface area contributed by atoms with Gasteiger partial charge in [-0.3, -0.25) is 0 Å². The Morgan fingerprint density at radius 3 is 2.70 bits per heavy atom. The summed E-state index contributed by atoms with van der Waals surface area (Å²) in [6, 6.07) is 14.5. The van der Waals surface area contributed by atoms with E-state index < -0.39 is 12.1 Å². The number of aromatic nitrogens is 2. The standard InChI is InChI=1S/C21H18N2O3S/c1-3-16-17(15-9-8-13-6-4-5-7-14(13)10-15)18-19(26-12(2)21(24)25)22-11-23-20(18)27-16/h4-12H,3H2,1-2H3,(H,24,25)/t12-/m1/s1. The molecule has 0 saturated carbocycles. The van der Waals surface area contributed by atoms with Crippen molar-refractivity contribution >= 4 is 38.3 Å². The van der Waals surface area contributed by atoms with E-state index in [0.717, 1.165) is 33.2 Å². The van der Waals surface area contributed by atoms with E-state index in [2.05, 4.69) is 47.2 Å². The average Bonchev–Trinajstić information content (AvgIpc) is 3.07. The molecule has 1 atom stereocenters. The second-order valence-electron chi connectivity index (χ2n) is 6.27. The molecule has 0 aliphatic heterocycles. The number of hydrogen-bond donors (Lipinski definition) is 1. The summed E-state index contributed by atoms with van der Waals surface area (Å²) in [7, 11) is 0. The van der Waals surface area contributed by atoms with Gasteiger partial charge in [0.25, 0.3) is 0 Å². The maximum absolute atomic E-state index is 11.2. The highest BCUT2D eigenvalue weighted by Gasteiger charge is 2.22. The van der Waals surface area contributed by atoms with Gasteiger partial charge >= 0.3 is 5.97 Å². The fraction of sp³-hybridized carbons (Fsp3) is 0.190. The van der Waals surface area contributed by atoms with Crippen LogP contribution < -0.4 is 4.74 Å². The molecule has 4 aromatic rings. The highest BCUT2D eigenvalue weighted by molar-refractivity contribution is 7.19. The van der Waals surface area contributed by atoms with Crippen LogP contribution >= 0.6 is 11.3 Å². The summed E-state index contributed by atoms with van der Waals surface area (Å²) < 4.78 is 5.65. The second kappa shape index (κ2) is 6.96. The van der Waals surface area contributed by atoms with E-state index in [-0.39, 0.29) is 0 Å². The molecule has 0 spiro atoms. The second-order valence-corrected chi connectivity index (χ2v) is 7.36. The van der Waals surface area contributed by atoms with E-state index in [0.29, 0.717) is 5.88 Å². The number of carboxylic acids is 1. The third-order valence-electron chi connectivity index (χ3n) is 4.52. The van der Waals surface area contributed by atoms with E-state index in [1.165, 1.54) is 23.5 Å². The zero-order valence-electron chi connectivity index (χ0n) is 15.0. The average molecular weight is 378 g/mol. The van der Waals surface area contributed by atoms with Crippen LogP contribution in [0, 0.1) is 0 Å². The minimum absolute atomic E-state index is 0.314. The number of rotatable bonds is 5. The summed E-state index contributed by atoms with van der Waals surface area (Å²) >= 11 is 1.60. The lowest BCUT2D eigenvalue weighted by Crippen LogP contribution is -2.23. The molecule has 0 saturated heterocycles. The Balaban J connectivity index is 1.95. The first-order valence-electron chi connectivity index (χ1n) is 8.73. The molecule has 0 fully saturated rings. The smallest absolute Gasteiger partial charge is 0.344 e. The van der Waals surface area contributed by atoms with Gasteiger partial charge in [-0.2, -0.15) is 0 Å². The van der Waals surface area contributed by atoms with Gasteiger partial charge in [0.2, 0.25) is 5.88 Å². The van der Waals surface area contributed by atoms with Gasteiger partial charge in [-0.05, 0) is 35.7 Å². The van der Waals surface area contributed by atoms with Crippen LogP contribution in [0.1, 0.15) is 18.7 Å². The van der Waals surface area contributed by atoms with Crippen LogP contribution in [0.2, 0.25) is 0 Å². The topological polar surface area (TPSA) is 72.3 Å². The Morgan fingerprint density at radius 2 is 1.96 bits per heavy atom. The highest BCUT2D eigenvalue weighted by Crippen LogP contribution is 2.42. The van der Waals surface area contributed by atoms with Gasteiger partial charge in [0.05, 0.1) is 5.39 Å². The number of aryl methyl sites for hydroxylation is 1. The first-order chi connectivity index (χ1) is 13.1. The van der Waals surface area contributed by atoms with Gasteiger partial charge in [-0.15, -0.1) is 11.3 Å². The molecule has 2 heterocycles. The Kier molecular flexibility index (Phi) is 4.49. The molecule has 5 nitrogen and oxygen atoms in total. The summed E-state index contributed by atoms with van der Waals surface area (Å²) in [6.45, 7) is 3.60. The molecular formula is C21H18N2O3S. The Morgan fingerprint density at radius 1 is 1.19 bits per heavy atom. The molecule has 2 aromatic carbocycles. The van der Waals surface area contributed by atoms with Crippen molar-refractivity contribution in [3.05, 3.63) is 53.7 Å². The predicted molar refractivity (Wildman–Crippen MR) is 107 cm³/mol. The molecule has 1 N–H and O–H groups in total. The molecular weight excluding hydrogens is 360 g/mol. The van der Waals surface area contributed by atoms with Crippen molar-refractivity contribution in [3.63, 3.8) is 0 Å². The lowest BCUT2D eigenvalue weighted by atomic mass is 9.99. The van der Waals surface area contributed by atoms with E-state index in [4.69, 9.17) is 4.74 Å². The third kappa shape index (κ3) is 3.13. The Bertz CT molecular complexity index is 1150. The van der Waals surface area contributed by atoms with E-state index in [1.807, 2.05) is 12.1 Å². The van der Waals surface area contributed by atoms with Crippen LogP contribution in [0.3, 0.4) is 0 Å². The van der Waals surface area contributed by atoms with Crippen LogP contribution in [0.4, 0.5) is 0 Å². The molecule has 0 bridgehead atoms. The van der Waals surface area contributed by atoms with Crippen LogP contribution in [0.5, 0.6) is 5.88 Å². The maximum Gasteiger partial charge on any atom is 0.344 e. The monoisotopic (exact) mass is 378 g/mol. The zero-order valence-corrected chi connectivity index (χ0v) is 15.8. The molecule has 0 radical (unpaired) electrons. The number of thiophene rings is 1. The predicted octanol–water partition coefficient (Wildman–Crippen LogP) is 4.93. The normalized spacial score (nSPS) is 12.4. The molecule has 0 amide bonds. The summed E-state index contributed by atoms with van der Waals surface area (Å²) in [5.74, 6) is -0.714. The number of hydrogen-bond acceptors (Lipinski definition) is 5. The van der Waals surface area contributed by atoms with E-state index >= 15 is 0 Å². The molecule has 0 aliphatic carbocycles. The molecule has 27 heavy (non-hydrogen) atoms. The van der Waals surface area contributed by atoms with Gasteiger partial charge in [-0.25, -0.2) is 14.8 Å². The number of carboxylic acid groups (broad SMARTS) is 1. The largest absolute Gasteiger partial charge is 0.479 e. The third-order valence-corrected chi connectivity index (χ3v) is 5.76. The van der Waals surface area contributed by atoms with Crippen molar-refractivity contribution in [2.75, 3.05) is 0 Å². The van der Waals surface area contributed by atoms with Crippen molar-refractivity contribution in [2.24, 2.45) is 0 Å². The van der Waals surface area contributed by atoms with Crippen LogP contribution in [0.15, 0.2) is 48.8 Å². The van der Waals surface area contributed by atoms with E-state index in [9.17, 15) is 9.90 Å². The van der Waals surface area contributed by atoms with Crippen LogP contribution in [0.25, 0.3) is 32.1 Å². The minimum Gasteiger partial charge on any atom is -0.479 e. The minimum atomic E-state index is -1.03. The van der Waals surface area contributed by atoms with E-state index in [1.54, 1.807) is 11.3 Å². The van der Waals surface area contributed by atoms with Crippen molar-refractivity contribution in [1.29, 1.82) is 0 Å². The number of carbonyl (C=O) groups is 1. The van der Waals surface area contributed by atoms with Crippen LogP contribution in [-0.2, 0) is 11.2 Å². The molecule has 0 unspecified atom stereocenters. The maximum atomic E-state index is 11.2. The fourth-order valence-electron chi connectivity index (χ4n) is 3.16. The molecule has 6 heteroatoms. The number of benzene rings is 2. The lowest BCUT2D eigenvalue weighted by Gasteiger charge is -2.12. The van der Waals surface area contributed by atoms with Gasteiger partial charge in [0, 0.05) is 10.4 Å². The SMILES string of the molecule is CCc1sc2ncnc(O[C@H](C)C(=O)O)c2c1-c1ccc2ccccc2c1. The number of nitrogens with zero attached hydrogens (tertiary/aromatic N) is 2. The quantitative estimate of drug-likeness (QED) is 0.533. The Hall–Kier alpha value is -2.99. The summed E-state index contributed by atoms with van der Waals surface area (Å²) in [5.41, 5.74) is 2.08. The molecule has 4 rings (SSSR count). The molecule has 2 aromatic heterocycles. The van der Waals surface area contributed by atoms with Gasteiger partial charge in [0.1, 0.15) is 11.2 Å². The number of fused-ring (bicyclic) bond motifs is 2. The van der Waals surface area contributed by atoms with Crippen LogP contribution in [-0.4, -0.2) is 27.1 Å². The van der Waals surface area contributed by atoms with Crippen molar-refractivity contribution < 1.29 is 14.6 Å². The van der Waals surface area contributed by atoms with Crippen molar-refractivity contribution in [2.45, 2.75) is 26.4 Å².